The van der Waals surface area contributed by atoms with E-state index in [1.165, 1.54) is 13.0 Å². The monoisotopic (exact) mass is 413 g/mol. The summed E-state index contributed by atoms with van der Waals surface area (Å²) in [6, 6.07) is 4.80. The van der Waals surface area contributed by atoms with Crippen LogP contribution in [0.15, 0.2) is 35.1 Å². The lowest BCUT2D eigenvalue weighted by Gasteiger charge is -2.50. The second kappa shape index (κ2) is 6.43. The average Bonchev–Trinajstić information content (AvgIpc) is 2.68. The molecule has 30 heavy (non-hydrogen) atoms. The summed E-state index contributed by atoms with van der Waals surface area (Å²) in [6.45, 7) is 3.39. The molecule has 1 aromatic carbocycles. The highest BCUT2D eigenvalue weighted by atomic mass is 16.3. The number of ketones is 2. The van der Waals surface area contributed by atoms with Crippen molar-refractivity contribution >= 4 is 23.2 Å². The summed E-state index contributed by atoms with van der Waals surface area (Å²) in [7, 11) is 0. The van der Waals surface area contributed by atoms with Crippen LogP contribution in [-0.4, -0.2) is 43.5 Å². The highest BCUT2D eigenvalue weighted by Gasteiger charge is 2.63. The van der Waals surface area contributed by atoms with E-state index < -0.39 is 57.9 Å². The van der Waals surface area contributed by atoms with Gasteiger partial charge < -0.3 is 26.2 Å². The second-order valence-corrected chi connectivity index (χ2v) is 8.30. The summed E-state index contributed by atoms with van der Waals surface area (Å²) in [5.41, 5.74) is 2.55. The van der Waals surface area contributed by atoms with Crippen LogP contribution in [0.25, 0.3) is 5.76 Å². The average molecular weight is 413 g/mol. The van der Waals surface area contributed by atoms with E-state index in [2.05, 4.69) is 0 Å². The molecule has 1 fully saturated rings. The number of benzene rings is 1. The molecule has 5 atom stereocenters. The van der Waals surface area contributed by atoms with E-state index in [9.17, 15) is 34.8 Å². The highest BCUT2D eigenvalue weighted by molar-refractivity contribution is 6.23. The predicted molar refractivity (Wildman–Crippen MR) is 105 cm³/mol. The van der Waals surface area contributed by atoms with Gasteiger partial charge in [-0.15, -0.1) is 0 Å². The molecular formula is C22H23NO7. The van der Waals surface area contributed by atoms with Crippen molar-refractivity contribution in [3.05, 3.63) is 46.2 Å². The molecule has 0 bridgehead atoms. The molecule has 6 N–H and O–H groups in total. The Hall–Kier alpha value is -3.13. The lowest BCUT2D eigenvalue weighted by atomic mass is 9.54. The maximum absolute atomic E-state index is 13.5. The summed E-state index contributed by atoms with van der Waals surface area (Å²) in [6.07, 6.45) is 0.700. The quantitative estimate of drug-likeness (QED) is 0.461. The zero-order valence-electron chi connectivity index (χ0n) is 16.5. The highest BCUT2D eigenvalue weighted by Crippen LogP contribution is 2.57. The molecule has 0 spiro atoms. The standard InChI is InChI=1S/C22H23NO7/c1-3-9-10-5-4-6-13(24)14(10)18(26)15-11(9)7-12-8(2)17(25)16(21(23)29)20(28)22(12,30)19(15)27/h4-6,8-9,11-12,24,26,28,30H,3,7H2,1-2H3,(H2,23,29)/t8-,9+,11+,12-,22-/m0/s1. The maximum atomic E-state index is 13.5. The van der Waals surface area contributed by atoms with E-state index in [4.69, 9.17) is 5.73 Å². The lowest BCUT2D eigenvalue weighted by Crippen LogP contribution is -2.61. The first-order valence-corrected chi connectivity index (χ1v) is 9.87. The molecule has 0 radical (unpaired) electrons. The number of aliphatic hydroxyl groups excluding tert-OH is 2. The molecule has 4 rings (SSSR count). The van der Waals surface area contributed by atoms with E-state index >= 15 is 0 Å². The zero-order valence-corrected chi connectivity index (χ0v) is 16.5. The largest absolute Gasteiger partial charge is 0.508 e. The number of phenols is 1. The van der Waals surface area contributed by atoms with Crippen molar-refractivity contribution in [3.8, 4) is 5.75 Å². The Morgan fingerprint density at radius 1 is 1.23 bits per heavy atom. The number of hydrogen-bond donors (Lipinski definition) is 5. The minimum Gasteiger partial charge on any atom is -0.508 e. The number of hydrogen-bond acceptors (Lipinski definition) is 7. The molecule has 0 aliphatic heterocycles. The van der Waals surface area contributed by atoms with Crippen LogP contribution >= 0.6 is 0 Å². The van der Waals surface area contributed by atoms with E-state index in [-0.39, 0.29) is 29.2 Å². The van der Waals surface area contributed by atoms with E-state index in [1.54, 1.807) is 12.1 Å². The fourth-order valence-corrected chi connectivity index (χ4v) is 5.54. The van der Waals surface area contributed by atoms with Crippen LogP contribution in [0.5, 0.6) is 5.75 Å². The van der Waals surface area contributed by atoms with Crippen molar-refractivity contribution in [1.29, 1.82) is 0 Å². The fraction of sp³-hybridized carbons (Fsp3) is 0.409. The number of primary amides is 1. The molecule has 0 heterocycles. The zero-order chi connectivity index (χ0) is 22.1. The first kappa shape index (κ1) is 20.2. The Morgan fingerprint density at radius 2 is 1.90 bits per heavy atom. The number of rotatable bonds is 2. The number of Topliss-reactive ketones (excluding diaryl/α,β-unsaturated/α-hetero) is 2. The number of phenolic OH excluding ortho intramolecular Hbond substituents is 1. The van der Waals surface area contributed by atoms with Crippen LogP contribution in [0.4, 0.5) is 0 Å². The van der Waals surface area contributed by atoms with Gasteiger partial charge in [0.1, 0.15) is 22.8 Å². The van der Waals surface area contributed by atoms with E-state index in [0.29, 0.717) is 12.0 Å². The van der Waals surface area contributed by atoms with Crippen LogP contribution in [0.2, 0.25) is 0 Å². The first-order valence-electron chi connectivity index (χ1n) is 9.87. The first-order chi connectivity index (χ1) is 14.1. The molecule has 3 aliphatic carbocycles. The van der Waals surface area contributed by atoms with Crippen LogP contribution in [0, 0.1) is 17.8 Å². The summed E-state index contributed by atoms with van der Waals surface area (Å²) in [5, 5.41) is 43.2. The molecule has 8 heteroatoms. The third-order valence-electron chi connectivity index (χ3n) is 7.01. The van der Waals surface area contributed by atoms with Gasteiger partial charge in [-0.1, -0.05) is 26.0 Å². The van der Waals surface area contributed by atoms with Crippen molar-refractivity contribution in [2.45, 2.75) is 38.2 Å². The van der Waals surface area contributed by atoms with Gasteiger partial charge in [-0.25, -0.2) is 0 Å². The third kappa shape index (κ3) is 2.28. The maximum Gasteiger partial charge on any atom is 0.255 e. The molecule has 1 aromatic rings. The molecule has 8 nitrogen and oxygen atoms in total. The van der Waals surface area contributed by atoms with Gasteiger partial charge in [0.25, 0.3) is 5.91 Å². The van der Waals surface area contributed by atoms with Gasteiger partial charge in [-0.05, 0) is 36.3 Å². The van der Waals surface area contributed by atoms with Crippen LogP contribution in [0.3, 0.4) is 0 Å². The van der Waals surface area contributed by atoms with Crippen molar-refractivity contribution in [1.82, 2.24) is 0 Å². The minimum absolute atomic E-state index is 0.115. The van der Waals surface area contributed by atoms with Crippen molar-refractivity contribution in [2.75, 3.05) is 0 Å². The summed E-state index contributed by atoms with van der Waals surface area (Å²) in [5.74, 6) is -7.39. The second-order valence-electron chi connectivity index (χ2n) is 8.30. The number of amides is 1. The molecule has 1 amide bonds. The number of nitrogens with two attached hydrogens (primary N) is 1. The number of aliphatic hydroxyl groups is 3. The number of carbonyl (C=O) groups is 3. The van der Waals surface area contributed by atoms with Gasteiger partial charge in [0.15, 0.2) is 11.4 Å². The molecule has 158 valence electrons. The van der Waals surface area contributed by atoms with E-state index in [0.717, 1.165) is 0 Å². The predicted octanol–water partition coefficient (Wildman–Crippen LogP) is 1.62. The van der Waals surface area contributed by atoms with Crippen LogP contribution in [-0.2, 0) is 14.4 Å². The molecule has 0 aromatic heterocycles. The number of carbonyl (C=O) groups excluding carboxylic acids is 3. The summed E-state index contributed by atoms with van der Waals surface area (Å²) in [4.78, 5) is 38.0. The summed E-state index contributed by atoms with van der Waals surface area (Å²) < 4.78 is 0. The molecular weight excluding hydrogens is 390 g/mol. The fourth-order valence-electron chi connectivity index (χ4n) is 5.54. The number of aromatic hydroxyl groups is 1. The normalized spacial score (nSPS) is 33.2. The Balaban J connectivity index is 2.01. The van der Waals surface area contributed by atoms with Crippen molar-refractivity contribution in [3.63, 3.8) is 0 Å². The van der Waals surface area contributed by atoms with Gasteiger partial charge >= 0.3 is 0 Å². The van der Waals surface area contributed by atoms with Gasteiger partial charge in [-0.2, -0.15) is 0 Å². The Bertz CT molecular complexity index is 1070. The van der Waals surface area contributed by atoms with E-state index in [1.807, 2.05) is 6.92 Å². The van der Waals surface area contributed by atoms with Gasteiger partial charge in [0.05, 0.1) is 5.56 Å². The van der Waals surface area contributed by atoms with Crippen LogP contribution < -0.4 is 5.73 Å². The SMILES string of the molecule is CC[C@@H]1c2cccc(O)c2C(O)=C2C(=O)[C@]3(O)C(O)=C(C(N)=O)C(=O)[C@@H](C)[C@@H]3C[C@@H]21. The lowest BCUT2D eigenvalue weighted by molar-refractivity contribution is -0.152. The molecule has 3 aliphatic rings. The van der Waals surface area contributed by atoms with Gasteiger partial charge in [0, 0.05) is 17.4 Å². The summed E-state index contributed by atoms with van der Waals surface area (Å²) >= 11 is 0. The Labute approximate surface area is 172 Å². The Morgan fingerprint density at radius 3 is 2.50 bits per heavy atom. The minimum atomic E-state index is -2.56. The number of fused-ring (bicyclic) bond motifs is 3. The van der Waals surface area contributed by atoms with Crippen LogP contribution in [0.1, 0.15) is 43.7 Å². The molecule has 0 saturated heterocycles. The molecule has 0 unspecified atom stereocenters. The van der Waals surface area contributed by atoms with Gasteiger partial charge in [-0.3, -0.25) is 14.4 Å². The third-order valence-corrected chi connectivity index (χ3v) is 7.01. The van der Waals surface area contributed by atoms with Gasteiger partial charge in [0.2, 0.25) is 5.78 Å². The van der Waals surface area contributed by atoms with Crippen molar-refractivity contribution in [2.24, 2.45) is 23.5 Å². The smallest absolute Gasteiger partial charge is 0.255 e. The topological polar surface area (TPSA) is 158 Å². The Kier molecular flexibility index (Phi) is 4.32. The molecule has 1 saturated carbocycles. The van der Waals surface area contributed by atoms with Crippen molar-refractivity contribution < 1.29 is 34.8 Å².